The van der Waals surface area contributed by atoms with Crippen molar-refractivity contribution in [2.75, 3.05) is 44.4 Å². The Morgan fingerprint density at radius 3 is 2.45 bits per heavy atom. The second-order valence-corrected chi connectivity index (χ2v) is 7.73. The van der Waals surface area contributed by atoms with Crippen LogP contribution in [0, 0.1) is 0 Å². The van der Waals surface area contributed by atoms with Crippen molar-refractivity contribution in [1.29, 1.82) is 0 Å². The van der Waals surface area contributed by atoms with E-state index in [1.54, 1.807) is 0 Å². The molecule has 20 heavy (non-hydrogen) atoms. The molecule has 4 heterocycles. The Labute approximate surface area is 125 Å². The molecule has 0 aromatic heterocycles. The predicted octanol–water partition coefficient (Wildman–Crippen LogP) is 1.88. The number of rotatable bonds is 1. The zero-order valence-corrected chi connectivity index (χ0v) is 13.0. The Morgan fingerprint density at radius 1 is 0.950 bits per heavy atom. The quantitative estimate of drug-likeness (QED) is 0.738. The lowest BCUT2D eigenvalue weighted by atomic mass is 9.88. The number of nitrogens with zero attached hydrogens (tertiary/aromatic N) is 1. The molecule has 4 aliphatic heterocycles. The summed E-state index contributed by atoms with van der Waals surface area (Å²) in [5, 5.41) is 0. The Morgan fingerprint density at radius 2 is 1.75 bits per heavy atom. The van der Waals surface area contributed by atoms with Crippen molar-refractivity contribution in [3.63, 3.8) is 0 Å². The van der Waals surface area contributed by atoms with Crippen LogP contribution in [0.4, 0.5) is 0 Å². The van der Waals surface area contributed by atoms with Crippen molar-refractivity contribution in [2.45, 2.75) is 49.5 Å². The number of hydrogen-bond donors (Lipinski definition) is 0. The van der Waals surface area contributed by atoms with Crippen LogP contribution >= 0.6 is 11.8 Å². The van der Waals surface area contributed by atoms with Gasteiger partial charge in [0.1, 0.15) is 0 Å². The fourth-order valence-electron chi connectivity index (χ4n) is 4.19. The Kier molecular flexibility index (Phi) is 3.75. The summed E-state index contributed by atoms with van der Waals surface area (Å²) in [5.41, 5.74) is 0.197. The summed E-state index contributed by atoms with van der Waals surface area (Å²) in [6, 6.07) is 0.709. The molecule has 5 heteroatoms. The van der Waals surface area contributed by atoms with Crippen LogP contribution in [0.3, 0.4) is 0 Å². The van der Waals surface area contributed by atoms with Gasteiger partial charge in [-0.3, -0.25) is 4.90 Å². The van der Waals surface area contributed by atoms with Gasteiger partial charge >= 0.3 is 0 Å². The molecule has 0 N–H and O–H groups in total. The highest BCUT2D eigenvalue weighted by atomic mass is 32.2. The lowest BCUT2D eigenvalue weighted by Crippen LogP contribution is -2.53. The van der Waals surface area contributed by atoms with Gasteiger partial charge in [0, 0.05) is 44.3 Å². The van der Waals surface area contributed by atoms with E-state index in [4.69, 9.17) is 14.2 Å². The van der Waals surface area contributed by atoms with E-state index in [9.17, 15) is 0 Å². The highest BCUT2D eigenvalue weighted by Crippen LogP contribution is 2.41. The maximum Gasteiger partial charge on any atom is 0.170 e. The second kappa shape index (κ2) is 5.43. The number of thioether (sulfide) groups is 1. The molecule has 2 spiro atoms. The van der Waals surface area contributed by atoms with Gasteiger partial charge in [0.25, 0.3) is 0 Å². The minimum atomic E-state index is -0.234. The molecule has 0 amide bonds. The average molecular weight is 299 g/mol. The molecule has 0 saturated carbocycles. The molecule has 0 radical (unpaired) electrons. The van der Waals surface area contributed by atoms with Crippen LogP contribution in [0.1, 0.15) is 32.1 Å². The zero-order valence-electron chi connectivity index (χ0n) is 12.1. The minimum absolute atomic E-state index is 0.197. The summed E-state index contributed by atoms with van der Waals surface area (Å²) in [7, 11) is 0. The number of ether oxygens (including phenoxy) is 3. The predicted molar refractivity (Wildman–Crippen MR) is 79.1 cm³/mol. The van der Waals surface area contributed by atoms with Crippen LogP contribution in [0.25, 0.3) is 0 Å². The zero-order chi connectivity index (χ0) is 13.5. The summed E-state index contributed by atoms with van der Waals surface area (Å²) in [6.07, 6.45) is 5.74. The van der Waals surface area contributed by atoms with E-state index in [0.29, 0.717) is 6.04 Å². The Bertz CT molecular complexity index is 343. The molecule has 0 aliphatic carbocycles. The molecule has 0 bridgehead atoms. The van der Waals surface area contributed by atoms with E-state index in [1.165, 1.54) is 30.8 Å². The summed E-state index contributed by atoms with van der Waals surface area (Å²) in [4.78, 5) is 2.67. The van der Waals surface area contributed by atoms with Crippen LogP contribution in [0.15, 0.2) is 0 Å². The number of piperidine rings is 1. The molecular weight excluding hydrogens is 274 g/mol. The second-order valence-electron chi connectivity index (χ2n) is 6.62. The SMILES string of the molecule is C1CC(N2CCC3(CC2)OCCO3)CC2(CCSC2)O1. The van der Waals surface area contributed by atoms with E-state index in [1.807, 2.05) is 0 Å². The summed E-state index contributed by atoms with van der Waals surface area (Å²) < 4.78 is 17.8. The molecule has 0 aromatic rings. The van der Waals surface area contributed by atoms with Gasteiger partial charge in [0.2, 0.25) is 0 Å². The molecule has 2 atom stereocenters. The molecule has 2 unspecified atom stereocenters. The van der Waals surface area contributed by atoms with Gasteiger partial charge in [-0.15, -0.1) is 0 Å². The van der Waals surface area contributed by atoms with Gasteiger partial charge in [0.05, 0.1) is 18.8 Å². The monoisotopic (exact) mass is 299 g/mol. The summed E-state index contributed by atoms with van der Waals surface area (Å²) in [6.45, 7) is 4.73. The number of likely N-dealkylation sites (tertiary alicyclic amines) is 1. The van der Waals surface area contributed by atoms with Crippen molar-refractivity contribution in [2.24, 2.45) is 0 Å². The van der Waals surface area contributed by atoms with Gasteiger partial charge in [-0.1, -0.05) is 0 Å². The Balaban J connectivity index is 1.36. The summed E-state index contributed by atoms with van der Waals surface area (Å²) >= 11 is 2.06. The van der Waals surface area contributed by atoms with Crippen LogP contribution in [-0.2, 0) is 14.2 Å². The maximum absolute atomic E-state index is 6.14. The third-order valence-corrected chi connectivity index (χ3v) is 6.65. The molecule has 114 valence electrons. The van der Waals surface area contributed by atoms with E-state index >= 15 is 0 Å². The van der Waals surface area contributed by atoms with Crippen LogP contribution in [0.2, 0.25) is 0 Å². The first-order valence-electron chi connectivity index (χ1n) is 8.03. The van der Waals surface area contributed by atoms with Crippen molar-refractivity contribution >= 4 is 11.8 Å². The van der Waals surface area contributed by atoms with Crippen molar-refractivity contribution < 1.29 is 14.2 Å². The number of hydrogen-bond acceptors (Lipinski definition) is 5. The van der Waals surface area contributed by atoms with Crippen LogP contribution < -0.4 is 0 Å². The van der Waals surface area contributed by atoms with Crippen molar-refractivity contribution in [3.05, 3.63) is 0 Å². The van der Waals surface area contributed by atoms with Crippen molar-refractivity contribution in [1.82, 2.24) is 4.90 Å². The third-order valence-electron chi connectivity index (χ3n) is 5.42. The maximum atomic E-state index is 6.14. The topological polar surface area (TPSA) is 30.9 Å². The van der Waals surface area contributed by atoms with Gasteiger partial charge in [-0.05, 0) is 25.0 Å². The lowest BCUT2D eigenvalue weighted by molar-refractivity contribution is -0.192. The molecule has 0 aromatic carbocycles. The van der Waals surface area contributed by atoms with Crippen molar-refractivity contribution in [3.8, 4) is 0 Å². The normalized spacial score (nSPS) is 41.7. The largest absolute Gasteiger partial charge is 0.374 e. The van der Waals surface area contributed by atoms with E-state index in [0.717, 1.165) is 45.8 Å². The summed E-state index contributed by atoms with van der Waals surface area (Å²) in [5.74, 6) is 2.24. The van der Waals surface area contributed by atoms with Gasteiger partial charge < -0.3 is 14.2 Å². The minimum Gasteiger partial charge on any atom is -0.374 e. The molecule has 4 aliphatic rings. The molecule has 4 fully saturated rings. The van der Waals surface area contributed by atoms with E-state index in [2.05, 4.69) is 16.7 Å². The van der Waals surface area contributed by atoms with E-state index in [-0.39, 0.29) is 11.4 Å². The fraction of sp³-hybridized carbons (Fsp3) is 1.00. The highest BCUT2D eigenvalue weighted by Gasteiger charge is 2.45. The Hall–Kier alpha value is 0.190. The molecular formula is C15H25NO3S. The van der Waals surface area contributed by atoms with Gasteiger partial charge in [0.15, 0.2) is 5.79 Å². The molecule has 4 rings (SSSR count). The van der Waals surface area contributed by atoms with Crippen LogP contribution in [-0.4, -0.2) is 66.7 Å². The van der Waals surface area contributed by atoms with Gasteiger partial charge in [-0.2, -0.15) is 11.8 Å². The van der Waals surface area contributed by atoms with Gasteiger partial charge in [-0.25, -0.2) is 0 Å². The lowest BCUT2D eigenvalue weighted by Gasteiger charge is -2.46. The first-order valence-corrected chi connectivity index (χ1v) is 9.19. The molecule has 4 nitrogen and oxygen atoms in total. The van der Waals surface area contributed by atoms with Crippen LogP contribution in [0.5, 0.6) is 0 Å². The highest BCUT2D eigenvalue weighted by molar-refractivity contribution is 7.99. The smallest absolute Gasteiger partial charge is 0.170 e. The first kappa shape index (κ1) is 13.8. The average Bonchev–Trinajstić information content (AvgIpc) is 3.11. The third kappa shape index (κ3) is 2.52. The molecule has 4 saturated heterocycles. The fourth-order valence-corrected chi connectivity index (χ4v) is 5.57. The first-order chi connectivity index (χ1) is 9.79. The standard InChI is InChI=1S/C15H25NO3S/c1-7-17-14(4-10-20-12-14)11-13(1)16-5-2-15(3-6-16)18-8-9-19-15/h13H,1-12H2. The van der Waals surface area contributed by atoms with E-state index < -0.39 is 0 Å².